The van der Waals surface area contributed by atoms with Crippen molar-refractivity contribution in [3.05, 3.63) is 95.1 Å². The van der Waals surface area contributed by atoms with Gasteiger partial charge in [0.2, 0.25) is 0 Å². The molecule has 2 heterocycles. The summed E-state index contributed by atoms with van der Waals surface area (Å²) in [5.41, 5.74) is 6.17. The highest BCUT2D eigenvalue weighted by Gasteiger charge is 2.48. The molecule has 1 fully saturated rings. The summed E-state index contributed by atoms with van der Waals surface area (Å²) in [7, 11) is 0. The molecule has 0 saturated carbocycles. The summed E-state index contributed by atoms with van der Waals surface area (Å²) >= 11 is 0. The average molecular weight is 465 g/mol. The van der Waals surface area contributed by atoms with E-state index in [-0.39, 0.29) is 11.9 Å². The standard InChI is InChI=1S/C31H32N2O2/c1-2-17-31(27-13-7-5-11-25(27)26-12-6-8-14-28(26)31)29(34)21-32-18-15-23(16-19-32)33-20-22-9-3-4-10-24(22)30(33)35/h3-14,23H,2,15-21H2,1H3. The molecule has 1 saturated heterocycles. The lowest BCUT2D eigenvalue weighted by atomic mass is 9.71. The zero-order valence-electron chi connectivity index (χ0n) is 20.4. The maximum atomic E-state index is 14.2. The van der Waals surface area contributed by atoms with Crippen LogP contribution in [0.3, 0.4) is 0 Å². The zero-order chi connectivity index (χ0) is 24.0. The van der Waals surface area contributed by atoms with Crippen molar-refractivity contribution >= 4 is 11.7 Å². The number of benzene rings is 3. The first-order chi connectivity index (χ1) is 17.1. The second-order valence-corrected chi connectivity index (χ2v) is 10.3. The van der Waals surface area contributed by atoms with Crippen LogP contribution in [0.15, 0.2) is 72.8 Å². The molecule has 178 valence electrons. The van der Waals surface area contributed by atoms with Crippen molar-refractivity contribution in [3.63, 3.8) is 0 Å². The third-order valence-corrected chi connectivity index (χ3v) is 8.38. The first-order valence-electron chi connectivity index (χ1n) is 13.0. The maximum Gasteiger partial charge on any atom is 0.254 e. The Hall–Kier alpha value is -3.24. The molecule has 0 bridgehead atoms. The Labute approximate surface area is 207 Å². The van der Waals surface area contributed by atoms with Gasteiger partial charge in [-0.3, -0.25) is 14.5 Å². The largest absolute Gasteiger partial charge is 0.331 e. The van der Waals surface area contributed by atoms with Crippen molar-refractivity contribution < 1.29 is 9.59 Å². The van der Waals surface area contributed by atoms with Crippen molar-refractivity contribution in [2.45, 2.75) is 50.6 Å². The van der Waals surface area contributed by atoms with Gasteiger partial charge in [-0.2, -0.15) is 0 Å². The van der Waals surface area contributed by atoms with Crippen molar-refractivity contribution in [2.24, 2.45) is 0 Å². The number of piperidine rings is 1. The minimum absolute atomic E-state index is 0.163. The van der Waals surface area contributed by atoms with Crippen molar-refractivity contribution in [1.29, 1.82) is 0 Å². The summed E-state index contributed by atoms with van der Waals surface area (Å²) < 4.78 is 0. The molecule has 3 aliphatic rings. The lowest BCUT2D eigenvalue weighted by Crippen LogP contribution is -2.49. The first kappa shape index (κ1) is 22.2. The van der Waals surface area contributed by atoms with Crippen LogP contribution in [0.4, 0.5) is 0 Å². The number of Topliss-reactive ketones (excluding diaryl/α,β-unsaturated/α-hetero) is 1. The zero-order valence-corrected chi connectivity index (χ0v) is 20.4. The number of nitrogens with zero attached hydrogens (tertiary/aromatic N) is 2. The fourth-order valence-corrected chi connectivity index (χ4v) is 6.71. The topological polar surface area (TPSA) is 40.6 Å². The summed E-state index contributed by atoms with van der Waals surface area (Å²) in [6, 6.07) is 25.1. The van der Waals surface area contributed by atoms with Crippen LogP contribution in [0.25, 0.3) is 11.1 Å². The number of hydrogen-bond donors (Lipinski definition) is 0. The Balaban J connectivity index is 1.20. The van der Waals surface area contributed by atoms with E-state index in [1.807, 2.05) is 23.1 Å². The molecule has 0 N–H and O–H groups in total. The fourth-order valence-electron chi connectivity index (χ4n) is 6.71. The lowest BCUT2D eigenvalue weighted by molar-refractivity contribution is -0.125. The van der Waals surface area contributed by atoms with Gasteiger partial charge in [0, 0.05) is 31.2 Å². The molecule has 1 amide bonds. The van der Waals surface area contributed by atoms with Gasteiger partial charge in [-0.15, -0.1) is 0 Å². The van der Waals surface area contributed by atoms with Gasteiger partial charge in [-0.25, -0.2) is 0 Å². The molecule has 1 aliphatic carbocycles. The van der Waals surface area contributed by atoms with E-state index in [2.05, 4.69) is 66.4 Å². The summed E-state index contributed by atoms with van der Waals surface area (Å²) in [4.78, 5) is 31.5. The van der Waals surface area contributed by atoms with Gasteiger partial charge in [-0.1, -0.05) is 80.1 Å². The number of ketones is 1. The minimum Gasteiger partial charge on any atom is -0.331 e. The van der Waals surface area contributed by atoms with E-state index in [4.69, 9.17) is 0 Å². The molecular formula is C31H32N2O2. The Morgan fingerprint density at radius 3 is 2.03 bits per heavy atom. The van der Waals surface area contributed by atoms with Gasteiger partial charge in [-0.05, 0) is 53.1 Å². The summed E-state index contributed by atoms with van der Waals surface area (Å²) in [5, 5.41) is 0. The molecule has 0 atom stereocenters. The van der Waals surface area contributed by atoms with Crippen LogP contribution in [0.1, 0.15) is 59.7 Å². The van der Waals surface area contributed by atoms with Crippen LogP contribution in [0.5, 0.6) is 0 Å². The third kappa shape index (κ3) is 3.46. The molecule has 0 aromatic heterocycles. The van der Waals surface area contributed by atoms with Crippen molar-refractivity contribution in [3.8, 4) is 11.1 Å². The maximum absolute atomic E-state index is 14.2. The Bertz CT molecular complexity index is 1240. The van der Waals surface area contributed by atoms with Gasteiger partial charge in [0.1, 0.15) is 0 Å². The molecule has 4 nitrogen and oxygen atoms in total. The molecule has 3 aromatic rings. The third-order valence-electron chi connectivity index (χ3n) is 8.38. The highest BCUT2D eigenvalue weighted by molar-refractivity contribution is 6.02. The second kappa shape index (κ2) is 8.76. The minimum atomic E-state index is -0.564. The van der Waals surface area contributed by atoms with Crippen LogP contribution in [0.2, 0.25) is 0 Å². The van der Waals surface area contributed by atoms with E-state index in [9.17, 15) is 9.59 Å². The van der Waals surface area contributed by atoms with Gasteiger partial charge >= 0.3 is 0 Å². The SMILES string of the molecule is CCCC1(C(=O)CN2CCC(N3Cc4ccccc4C3=O)CC2)c2ccccc2-c2ccccc21. The molecule has 3 aromatic carbocycles. The number of carbonyl (C=O) groups is 2. The number of carbonyl (C=O) groups excluding carboxylic acids is 2. The van der Waals surface area contributed by atoms with Crippen molar-refractivity contribution in [2.75, 3.05) is 19.6 Å². The molecule has 2 aliphatic heterocycles. The summed E-state index contributed by atoms with van der Waals surface area (Å²) in [5.74, 6) is 0.469. The predicted octanol–water partition coefficient (Wildman–Crippen LogP) is 5.44. The molecule has 35 heavy (non-hydrogen) atoms. The highest BCUT2D eigenvalue weighted by atomic mass is 16.2. The second-order valence-electron chi connectivity index (χ2n) is 10.3. The highest BCUT2D eigenvalue weighted by Crippen LogP contribution is 2.51. The molecule has 6 rings (SSSR count). The van der Waals surface area contributed by atoms with Crippen LogP contribution in [-0.4, -0.2) is 47.2 Å². The normalized spacial score (nSPS) is 18.9. The lowest BCUT2D eigenvalue weighted by Gasteiger charge is -2.38. The van der Waals surface area contributed by atoms with Crippen molar-refractivity contribution in [1.82, 2.24) is 9.80 Å². The molecule has 0 unspecified atom stereocenters. The van der Waals surface area contributed by atoms with Gasteiger partial charge in [0.05, 0.1) is 12.0 Å². The number of likely N-dealkylation sites (tertiary alicyclic amines) is 1. The van der Waals surface area contributed by atoms with E-state index in [1.54, 1.807) is 0 Å². The van der Waals surface area contributed by atoms with E-state index in [0.29, 0.717) is 18.9 Å². The predicted molar refractivity (Wildman–Crippen MR) is 138 cm³/mol. The molecule has 0 spiro atoms. The fraction of sp³-hybridized carbons (Fsp3) is 0.355. The molecule has 0 radical (unpaired) electrons. The van der Waals surface area contributed by atoms with Crippen LogP contribution < -0.4 is 0 Å². The Kier molecular flexibility index (Phi) is 5.57. The van der Waals surface area contributed by atoms with Gasteiger partial charge in [0.15, 0.2) is 5.78 Å². The van der Waals surface area contributed by atoms with Crippen LogP contribution in [0, 0.1) is 0 Å². The first-order valence-corrected chi connectivity index (χ1v) is 13.0. The van der Waals surface area contributed by atoms with E-state index < -0.39 is 5.41 Å². The molecule has 4 heteroatoms. The smallest absolute Gasteiger partial charge is 0.254 e. The average Bonchev–Trinajstić information content (AvgIpc) is 3.38. The molecular weight excluding hydrogens is 432 g/mol. The quantitative estimate of drug-likeness (QED) is 0.488. The summed E-state index contributed by atoms with van der Waals surface area (Å²) in [6.07, 6.45) is 3.62. The number of fused-ring (bicyclic) bond motifs is 4. The number of hydrogen-bond acceptors (Lipinski definition) is 3. The van der Waals surface area contributed by atoms with E-state index in [0.717, 1.165) is 49.9 Å². The monoisotopic (exact) mass is 464 g/mol. The van der Waals surface area contributed by atoms with Crippen LogP contribution >= 0.6 is 0 Å². The van der Waals surface area contributed by atoms with Crippen LogP contribution in [-0.2, 0) is 16.8 Å². The summed E-state index contributed by atoms with van der Waals surface area (Å²) in [6.45, 7) is 5.05. The van der Waals surface area contributed by atoms with E-state index >= 15 is 0 Å². The van der Waals surface area contributed by atoms with Gasteiger partial charge < -0.3 is 4.90 Å². The number of rotatable bonds is 6. The van der Waals surface area contributed by atoms with E-state index in [1.165, 1.54) is 22.3 Å². The Morgan fingerprint density at radius 1 is 0.857 bits per heavy atom. The Morgan fingerprint density at radius 2 is 1.43 bits per heavy atom. The van der Waals surface area contributed by atoms with Gasteiger partial charge in [0.25, 0.3) is 5.91 Å². The number of amides is 1.